The Balaban J connectivity index is 1.95. The number of carbonyl (C=O) groups is 1. The van der Waals surface area contributed by atoms with Gasteiger partial charge in [-0.15, -0.1) is 0 Å². The molecule has 1 aliphatic carbocycles. The Kier molecular flexibility index (Phi) is 6.34. The van der Waals surface area contributed by atoms with Crippen LogP contribution in [0, 0.1) is 11.3 Å². The van der Waals surface area contributed by atoms with E-state index in [0.29, 0.717) is 0 Å². The molecule has 5 nitrogen and oxygen atoms in total. The van der Waals surface area contributed by atoms with Gasteiger partial charge in [0, 0.05) is 0 Å². The number of hydrogen-bond donors (Lipinski definition) is 1. The minimum absolute atomic E-state index is 0.122. The average Bonchev–Trinajstić information content (AvgIpc) is 2.57. The summed E-state index contributed by atoms with van der Waals surface area (Å²) in [5.41, 5.74) is 2.23. The highest BCUT2D eigenvalue weighted by molar-refractivity contribution is 5.72. The largest absolute Gasteiger partial charge is 0.469 e. The Bertz CT molecular complexity index is 514. The van der Waals surface area contributed by atoms with E-state index in [4.69, 9.17) is 14.5 Å². The van der Waals surface area contributed by atoms with Crippen molar-refractivity contribution in [3.05, 3.63) is 11.1 Å². The van der Waals surface area contributed by atoms with E-state index in [1.807, 2.05) is 6.92 Å². The molecule has 1 N–H and O–H groups in total. The Hall–Kier alpha value is -0.910. The van der Waals surface area contributed by atoms with Crippen LogP contribution in [0.4, 0.5) is 0 Å². The van der Waals surface area contributed by atoms with E-state index in [-0.39, 0.29) is 35.1 Å². The molecule has 5 heteroatoms. The minimum atomic E-state index is -0.363. The molecule has 25 heavy (non-hydrogen) atoms. The van der Waals surface area contributed by atoms with Crippen LogP contribution in [0.5, 0.6) is 0 Å². The molecular weight excluding hydrogens is 320 g/mol. The third-order valence-corrected chi connectivity index (χ3v) is 6.20. The summed E-state index contributed by atoms with van der Waals surface area (Å²) in [5, 5.41) is 10.2. The summed E-state index contributed by atoms with van der Waals surface area (Å²) >= 11 is 0. The first-order valence-electron chi connectivity index (χ1n) is 9.40. The molecule has 0 aromatic rings. The second-order valence-electron chi connectivity index (χ2n) is 8.62. The molecule has 2 aliphatic rings. The van der Waals surface area contributed by atoms with E-state index in [9.17, 15) is 9.90 Å². The van der Waals surface area contributed by atoms with Crippen molar-refractivity contribution >= 4 is 5.97 Å². The molecule has 2 rings (SSSR count). The van der Waals surface area contributed by atoms with Crippen LogP contribution in [0.3, 0.4) is 0 Å². The molecule has 1 aliphatic heterocycles. The molecule has 0 spiro atoms. The number of methoxy groups -OCH3 is 1. The molecule has 0 aromatic carbocycles. The van der Waals surface area contributed by atoms with E-state index < -0.39 is 0 Å². The summed E-state index contributed by atoms with van der Waals surface area (Å²) in [7, 11) is 1.39. The second-order valence-corrected chi connectivity index (χ2v) is 8.62. The average molecular weight is 354 g/mol. The Morgan fingerprint density at radius 1 is 1.32 bits per heavy atom. The maximum Gasteiger partial charge on any atom is 0.311 e. The summed E-state index contributed by atoms with van der Waals surface area (Å²) in [4.78, 5) is 22.9. The van der Waals surface area contributed by atoms with Crippen molar-refractivity contribution in [2.24, 2.45) is 11.3 Å². The fourth-order valence-electron chi connectivity index (χ4n) is 4.08. The monoisotopic (exact) mass is 354 g/mol. The van der Waals surface area contributed by atoms with Crippen molar-refractivity contribution in [2.75, 3.05) is 7.11 Å². The van der Waals surface area contributed by atoms with Crippen molar-refractivity contribution in [2.45, 2.75) is 91.0 Å². The summed E-state index contributed by atoms with van der Waals surface area (Å²) in [5.74, 6) is -0.595. The second kappa shape index (κ2) is 7.77. The number of aliphatic hydroxyl groups is 1. The lowest BCUT2D eigenvalue weighted by Gasteiger charge is -2.41. The normalized spacial score (nSPS) is 33.9. The van der Waals surface area contributed by atoms with Gasteiger partial charge in [0.2, 0.25) is 0 Å². The van der Waals surface area contributed by atoms with Gasteiger partial charge in [0.05, 0.1) is 19.1 Å². The number of hydrogen-bond acceptors (Lipinski definition) is 5. The molecule has 0 saturated carbocycles. The highest BCUT2D eigenvalue weighted by Gasteiger charge is 2.39. The molecule has 0 aromatic heterocycles. The van der Waals surface area contributed by atoms with Crippen molar-refractivity contribution < 1.29 is 24.4 Å². The molecular formula is C20H34O5. The highest BCUT2D eigenvalue weighted by atomic mass is 17.2. The Morgan fingerprint density at radius 3 is 2.56 bits per heavy atom. The standard InChI is InChI=1S/C20H34O5/c1-13-15(19(3,4)10-8-16(13)21)7-11-20(5)12-9-17(24-25-20)14(2)18(22)23-6/h14,16-17,21H,7-12H2,1-6H3/t14-,16?,17-,20-/m1/s1. The zero-order valence-corrected chi connectivity index (χ0v) is 16.6. The molecule has 1 fully saturated rings. The van der Waals surface area contributed by atoms with Gasteiger partial charge >= 0.3 is 5.97 Å². The van der Waals surface area contributed by atoms with Gasteiger partial charge in [0.15, 0.2) is 0 Å². The van der Waals surface area contributed by atoms with Crippen LogP contribution >= 0.6 is 0 Å². The molecule has 1 saturated heterocycles. The van der Waals surface area contributed by atoms with E-state index in [0.717, 1.165) is 44.1 Å². The van der Waals surface area contributed by atoms with E-state index in [1.165, 1.54) is 12.7 Å². The molecule has 1 unspecified atom stereocenters. The third-order valence-electron chi connectivity index (χ3n) is 6.20. The third kappa shape index (κ3) is 4.63. The van der Waals surface area contributed by atoms with Crippen LogP contribution in [-0.4, -0.2) is 36.0 Å². The minimum Gasteiger partial charge on any atom is -0.469 e. The highest BCUT2D eigenvalue weighted by Crippen LogP contribution is 2.44. The van der Waals surface area contributed by atoms with Crippen molar-refractivity contribution in [3.63, 3.8) is 0 Å². The number of carbonyl (C=O) groups excluding carboxylic acids is 1. The van der Waals surface area contributed by atoms with Crippen molar-refractivity contribution in [3.8, 4) is 0 Å². The molecule has 4 atom stereocenters. The van der Waals surface area contributed by atoms with Gasteiger partial charge in [-0.05, 0) is 70.3 Å². The number of esters is 1. The maximum absolute atomic E-state index is 11.7. The number of rotatable bonds is 5. The van der Waals surface area contributed by atoms with Gasteiger partial charge in [0.25, 0.3) is 0 Å². The van der Waals surface area contributed by atoms with E-state index in [2.05, 4.69) is 27.7 Å². The van der Waals surface area contributed by atoms with Crippen LogP contribution in [0.2, 0.25) is 0 Å². The predicted octanol–water partition coefficient (Wildman–Crippen LogP) is 3.94. The van der Waals surface area contributed by atoms with Gasteiger partial charge in [-0.2, -0.15) is 0 Å². The van der Waals surface area contributed by atoms with Crippen LogP contribution in [0.1, 0.15) is 73.1 Å². The summed E-state index contributed by atoms with van der Waals surface area (Å²) < 4.78 is 4.78. The number of aliphatic hydroxyl groups excluding tert-OH is 1. The Labute approximate surface area is 151 Å². The Morgan fingerprint density at radius 2 is 2.00 bits per heavy atom. The predicted molar refractivity (Wildman–Crippen MR) is 95.7 cm³/mol. The molecule has 144 valence electrons. The smallest absolute Gasteiger partial charge is 0.311 e. The van der Waals surface area contributed by atoms with Gasteiger partial charge in [-0.3, -0.25) is 4.79 Å². The number of ether oxygens (including phenoxy) is 1. The number of allylic oxidation sites excluding steroid dienone is 1. The van der Waals surface area contributed by atoms with Gasteiger partial charge < -0.3 is 9.84 Å². The zero-order valence-electron chi connectivity index (χ0n) is 16.6. The molecule has 0 radical (unpaired) electrons. The van der Waals surface area contributed by atoms with Gasteiger partial charge in [-0.1, -0.05) is 19.4 Å². The first kappa shape index (κ1) is 20.4. The fraction of sp³-hybridized carbons (Fsp3) is 0.850. The zero-order chi connectivity index (χ0) is 18.8. The lowest BCUT2D eigenvalue weighted by Crippen LogP contribution is -2.42. The first-order valence-corrected chi connectivity index (χ1v) is 9.40. The van der Waals surface area contributed by atoms with Crippen molar-refractivity contribution in [1.29, 1.82) is 0 Å². The van der Waals surface area contributed by atoms with Crippen LogP contribution in [-0.2, 0) is 19.3 Å². The molecule has 0 bridgehead atoms. The summed E-state index contributed by atoms with van der Waals surface area (Å²) in [6, 6.07) is 0. The maximum atomic E-state index is 11.7. The van der Waals surface area contributed by atoms with E-state index >= 15 is 0 Å². The van der Waals surface area contributed by atoms with Crippen LogP contribution < -0.4 is 0 Å². The van der Waals surface area contributed by atoms with Gasteiger partial charge in [-0.25, -0.2) is 9.78 Å². The van der Waals surface area contributed by atoms with Crippen LogP contribution in [0.15, 0.2) is 11.1 Å². The van der Waals surface area contributed by atoms with Crippen molar-refractivity contribution in [1.82, 2.24) is 0 Å². The SMILES string of the molecule is COC(=O)[C@H](C)[C@H]1CC[C@@](C)(CCC2=C(C)C(O)CCC2(C)C)OO1. The molecule has 0 amide bonds. The molecule has 1 heterocycles. The first-order chi connectivity index (χ1) is 11.6. The summed E-state index contributed by atoms with van der Waals surface area (Å²) in [6.07, 6.45) is 4.63. The topological polar surface area (TPSA) is 65.0 Å². The quantitative estimate of drug-likeness (QED) is 0.460. The van der Waals surface area contributed by atoms with E-state index in [1.54, 1.807) is 0 Å². The lowest BCUT2D eigenvalue weighted by molar-refractivity contribution is -0.411. The van der Waals surface area contributed by atoms with Gasteiger partial charge in [0.1, 0.15) is 11.7 Å². The van der Waals surface area contributed by atoms with Crippen LogP contribution in [0.25, 0.3) is 0 Å². The fourth-order valence-corrected chi connectivity index (χ4v) is 4.08. The summed E-state index contributed by atoms with van der Waals surface area (Å²) in [6.45, 7) is 10.4. The lowest BCUT2D eigenvalue weighted by atomic mass is 9.69.